The van der Waals surface area contributed by atoms with Crippen LogP contribution in [0.3, 0.4) is 0 Å². The fourth-order valence-corrected chi connectivity index (χ4v) is 6.36. The Balaban J connectivity index is 1.70. The van der Waals surface area contributed by atoms with Crippen LogP contribution in [0.1, 0.15) is 65.2 Å². The smallest absolute Gasteiger partial charge is 0.220 e. The van der Waals surface area contributed by atoms with Crippen LogP contribution in [0.5, 0.6) is 0 Å². The van der Waals surface area contributed by atoms with Gasteiger partial charge in [0.05, 0.1) is 0 Å². The van der Waals surface area contributed by atoms with Crippen molar-refractivity contribution in [3.05, 3.63) is 11.3 Å². The van der Waals surface area contributed by atoms with Gasteiger partial charge in [-0.25, -0.2) is 0 Å². The van der Waals surface area contributed by atoms with E-state index in [9.17, 15) is 14.7 Å². The van der Waals surface area contributed by atoms with Crippen molar-refractivity contribution in [2.75, 3.05) is 0 Å². The highest BCUT2D eigenvalue weighted by molar-refractivity contribution is 5.95. The van der Waals surface area contributed by atoms with E-state index < -0.39 is 0 Å². The third-order valence-electron chi connectivity index (χ3n) is 7.59. The van der Waals surface area contributed by atoms with Crippen LogP contribution in [0.15, 0.2) is 11.3 Å². The van der Waals surface area contributed by atoms with Gasteiger partial charge in [0.25, 0.3) is 0 Å². The standard InChI is InChI=1S/C19H27NO3/c1-18-9-8-15(21)17(23)14(18)4-3-11-12(18)7-10-19(2)13(11)5-6-16(22)20-19/h11-13,23H,3-10H2,1-2H3,(H,20,22)/t11?,12?,13?,18-,19+/m1/s1. The predicted molar refractivity (Wildman–Crippen MR) is 86.7 cm³/mol. The number of ketones is 1. The van der Waals surface area contributed by atoms with Gasteiger partial charge in [-0.3, -0.25) is 9.59 Å². The molecule has 126 valence electrons. The molecule has 4 heteroatoms. The number of rotatable bonds is 0. The maximum absolute atomic E-state index is 11.9. The van der Waals surface area contributed by atoms with Gasteiger partial charge in [-0.05, 0) is 74.2 Å². The van der Waals surface area contributed by atoms with Gasteiger partial charge in [0.15, 0.2) is 11.5 Å². The first kappa shape index (κ1) is 15.2. The highest BCUT2D eigenvalue weighted by atomic mass is 16.3. The number of fused-ring (bicyclic) bond motifs is 5. The average Bonchev–Trinajstić information content (AvgIpc) is 2.50. The van der Waals surface area contributed by atoms with E-state index in [1.165, 1.54) is 0 Å². The lowest BCUT2D eigenvalue weighted by Gasteiger charge is -2.59. The molecule has 3 unspecified atom stereocenters. The topological polar surface area (TPSA) is 66.4 Å². The number of hydrogen-bond donors (Lipinski definition) is 2. The van der Waals surface area contributed by atoms with Crippen LogP contribution in [-0.2, 0) is 9.59 Å². The normalized spacial score (nSPS) is 46.6. The van der Waals surface area contributed by atoms with Gasteiger partial charge in [0, 0.05) is 18.4 Å². The third-order valence-corrected chi connectivity index (χ3v) is 7.59. The maximum Gasteiger partial charge on any atom is 0.220 e. The van der Waals surface area contributed by atoms with Crippen molar-refractivity contribution < 1.29 is 14.7 Å². The van der Waals surface area contributed by atoms with Crippen LogP contribution in [0.2, 0.25) is 0 Å². The molecular weight excluding hydrogens is 290 g/mol. The lowest BCUT2D eigenvalue weighted by molar-refractivity contribution is -0.133. The molecule has 4 nitrogen and oxygen atoms in total. The summed E-state index contributed by atoms with van der Waals surface area (Å²) in [6.45, 7) is 4.49. The minimum absolute atomic E-state index is 0.0241. The summed E-state index contributed by atoms with van der Waals surface area (Å²) in [6, 6.07) is 0. The Bertz CT molecular complexity index is 610. The molecule has 0 aromatic heterocycles. The second kappa shape index (κ2) is 4.84. The van der Waals surface area contributed by atoms with Gasteiger partial charge < -0.3 is 10.4 Å². The molecular formula is C19H27NO3. The SMILES string of the molecule is C[C@]12CCC(=O)C(O)=C1CCC1C2CC[C@]2(C)NC(=O)CCC12. The number of amides is 1. The Morgan fingerprint density at radius 3 is 2.57 bits per heavy atom. The molecule has 2 saturated carbocycles. The molecule has 0 aromatic rings. The van der Waals surface area contributed by atoms with Gasteiger partial charge >= 0.3 is 0 Å². The van der Waals surface area contributed by atoms with Crippen molar-refractivity contribution in [2.45, 2.75) is 70.8 Å². The first-order valence-electron chi connectivity index (χ1n) is 9.12. The second-order valence-electron chi connectivity index (χ2n) is 8.63. The lowest BCUT2D eigenvalue weighted by atomic mass is 9.47. The number of aliphatic hydroxyl groups is 1. The monoisotopic (exact) mass is 317 g/mol. The number of hydrogen-bond acceptors (Lipinski definition) is 3. The predicted octanol–water partition coefficient (Wildman–Crippen LogP) is 3.27. The molecule has 23 heavy (non-hydrogen) atoms. The number of carbonyl (C=O) groups is 2. The van der Waals surface area contributed by atoms with Crippen LogP contribution in [0, 0.1) is 23.2 Å². The molecule has 3 aliphatic carbocycles. The largest absolute Gasteiger partial charge is 0.504 e. The number of allylic oxidation sites excluding steroid dienone is 2. The van der Waals surface area contributed by atoms with Gasteiger partial charge in [0.2, 0.25) is 5.91 Å². The molecule has 1 heterocycles. The Kier molecular flexibility index (Phi) is 3.20. The Morgan fingerprint density at radius 2 is 1.78 bits per heavy atom. The summed E-state index contributed by atoms with van der Waals surface area (Å²) >= 11 is 0. The summed E-state index contributed by atoms with van der Waals surface area (Å²) in [6.07, 6.45) is 6.98. The summed E-state index contributed by atoms with van der Waals surface area (Å²) in [4.78, 5) is 23.8. The number of nitrogens with one attached hydrogen (secondary N) is 1. The fourth-order valence-electron chi connectivity index (χ4n) is 6.36. The molecule has 0 bridgehead atoms. The van der Waals surface area contributed by atoms with Gasteiger partial charge in [-0.1, -0.05) is 6.92 Å². The van der Waals surface area contributed by atoms with Crippen LogP contribution >= 0.6 is 0 Å². The minimum atomic E-state index is -0.0681. The van der Waals surface area contributed by atoms with Gasteiger partial charge in [0.1, 0.15) is 0 Å². The number of Topliss-reactive ketones (excluding diaryl/α,β-unsaturated/α-hetero) is 1. The molecule has 4 rings (SSSR count). The average molecular weight is 317 g/mol. The van der Waals surface area contributed by atoms with E-state index in [4.69, 9.17) is 0 Å². The van der Waals surface area contributed by atoms with Crippen molar-refractivity contribution in [3.63, 3.8) is 0 Å². The van der Waals surface area contributed by atoms with E-state index in [1.807, 2.05) is 0 Å². The molecule has 0 radical (unpaired) electrons. The summed E-state index contributed by atoms with van der Waals surface area (Å²) in [5, 5.41) is 13.6. The van der Waals surface area contributed by atoms with Gasteiger partial charge in [-0.15, -0.1) is 0 Å². The fraction of sp³-hybridized carbons (Fsp3) is 0.789. The van der Waals surface area contributed by atoms with E-state index in [0.29, 0.717) is 30.6 Å². The first-order chi connectivity index (χ1) is 10.8. The molecule has 2 N–H and O–H groups in total. The van der Waals surface area contributed by atoms with E-state index in [-0.39, 0.29) is 28.4 Å². The summed E-state index contributed by atoms with van der Waals surface area (Å²) in [5.74, 6) is 1.88. The Hall–Kier alpha value is -1.32. The number of carbonyl (C=O) groups excluding carboxylic acids is 2. The quantitative estimate of drug-likeness (QED) is 0.720. The molecule has 0 spiro atoms. The molecule has 1 aliphatic heterocycles. The van der Waals surface area contributed by atoms with Crippen molar-refractivity contribution in [2.24, 2.45) is 23.2 Å². The first-order valence-corrected chi connectivity index (χ1v) is 9.12. The number of piperidine rings is 1. The lowest BCUT2D eigenvalue weighted by Crippen LogP contribution is -2.62. The second-order valence-corrected chi connectivity index (χ2v) is 8.63. The maximum atomic E-state index is 11.9. The summed E-state index contributed by atoms with van der Waals surface area (Å²) in [7, 11) is 0. The zero-order valence-corrected chi connectivity index (χ0v) is 14.2. The van der Waals surface area contributed by atoms with Crippen LogP contribution < -0.4 is 5.32 Å². The summed E-state index contributed by atoms with van der Waals surface area (Å²) < 4.78 is 0. The van der Waals surface area contributed by atoms with E-state index in [2.05, 4.69) is 19.2 Å². The Morgan fingerprint density at radius 1 is 1.00 bits per heavy atom. The van der Waals surface area contributed by atoms with Crippen LogP contribution in [0.4, 0.5) is 0 Å². The number of aliphatic hydroxyl groups excluding tert-OH is 1. The van der Waals surface area contributed by atoms with E-state index in [0.717, 1.165) is 44.1 Å². The highest BCUT2D eigenvalue weighted by Gasteiger charge is 2.57. The molecule has 0 aromatic carbocycles. The molecule has 4 aliphatic rings. The van der Waals surface area contributed by atoms with Crippen LogP contribution in [0.25, 0.3) is 0 Å². The highest BCUT2D eigenvalue weighted by Crippen LogP contribution is 2.61. The minimum Gasteiger partial charge on any atom is -0.504 e. The Labute approximate surface area is 137 Å². The van der Waals surface area contributed by atoms with Crippen molar-refractivity contribution in [1.29, 1.82) is 0 Å². The van der Waals surface area contributed by atoms with Crippen LogP contribution in [-0.4, -0.2) is 22.3 Å². The molecule has 5 atom stereocenters. The van der Waals surface area contributed by atoms with Crippen molar-refractivity contribution in [3.8, 4) is 0 Å². The summed E-state index contributed by atoms with van der Waals surface area (Å²) in [5.41, 5.74) is 0.947. The zero-order valence-electron chi connectivity index (χ0n) is 14.2. The molecule has 3 fully saturated rings. The van der Waals surface area contributed by atoms with Gasteiger partial charge in [-0.2, -0.15) is 0 Å². The van der Waals surface area contributed by atoms with Crippen molar-refractivity contribution in [1.82, 2.24) is 5.32 Å². The van der Waals surface area contributed by atoms with Crippen molar-refractivity contribution >= 4 is 11.7 Å². The molecule has 1 amide bonds. The zero-order chi connectivity index (χ0) is 16.4. The molecule has 1 saturated heterocycles. The third kappa shape index (κ3) is 2.03. The van der Waals surface area contributed by atoms with E-state index >= 15 is 0 Å². The van der Waals surface area contributed by atoms with E-state index in [1.54, 1.807) is 0 Å².